The van der Waals surface area contributed by atoms with E-state index in [1.54, 1.807) is 11.4 Å². The van der Waals surface area contributed by atoms with Gasteiger partial charge in [-0.25, -0.2) is 4.98 Å². The third kappa shape index (κ3) is 5.58. The molecular weight excluding hydrogens is 399 g/mol. The number of carbonyl (C=O) groups excluding carboxylic acids is 2. The highest BCUT2D eigenvalue weighted by molar-refractivity contribution is 7.14. The predicted octanol–water partition coefficient (Wildman–Crippen LogP) is 4.07. The number of hydrogen-bond donors (Lipinski definition) is 2. The van der Waals surface area contributed by atoms with E-state index in [9.17, 15) is 22.8 Å². The Balaban J connectivity index is 1.56. The minimum atomic E-state index is -4.82. The lowest BCUT2D eigenvalue weighted by Crippen LogP contribution is -2.18. The van der Waals surface area contributed by atoms with Gasteiger partial charge in [0.1, 0.15) is 5.75 Å². The van der Waals surface area contributed by atoms with Crippen LogP contribution in [0.1, 0.15) is 16.2 Å². The van der Waals surface area contributed by atoms with Crippen molar-refractivity contribution in [3.63, 3.8) is 0 Å². The second-order valence-electron chi connectivity index (χ2n) is 5.38. The van der Waals surface area contributed by atoms with E-state index in [1.165, 1.54) is 24.5 Å². The molecule has 0 aliphatic carbocycles. The highest BCUT2D eigenvalue weighted by atomic mass is 32.1. The average molecular weight is 411 g/mol. The first-order chi connectivity index (χ1) is 13.3. The van der Waals surface area contributed by atoms with Crippen molar-refractivity contribution in [2.45, 2.75) is 12.8 Å². The van der Waals surface area contributed by atoms with Crippen LogP contribution in [-0.2, 0) is 11.2 Å². The first kappa shape index (κ1) is 19.4. The van der Waals surface area contributed by atoms with E-state index in [0.717, 1.165) is 23.5 Å². The van der Waals surface area contributed by atoms with Crippen LogP contribution in [0.2, 0.25) is 0 Å². The second-order valence-corrected chi connectivity index (χ2v) is 6.23. The maximum atomic E-state index is 12.3. The van der Waals surface area contributed by atoms with E-state index in [2.05, 4.69) is 20.4 Å². The number of carbonyl (C=O) groups is 2. The van der Waals surface area contributed by atoms with Crippen LogP contribution in [0.25, 0.3) is 0 Å². The topological polar surface area (TPSA) is 93.5 Å². The molecule has 146 valence electrons. The maximum Gasteiger partial charge on any atom is 0.573 e. The number of ether oxygens (including phenoxy) is 1. The van der Waals surface area contributed by atoms with Crippen molar-refractivity contribution in [1.82, 2.24) is 4.98 Å². The number of halogens is 3. The molecule has 1 aromatic carbocycles. The Morgan fingerprint density at radius 1 is 1.18 bits per heavy atom. The fraction of sp³-hybridized carbons (Fsp3) is 0.118. The number of anilines is 2. The van der Waals surface area contributed by atoms with Crippen LogP contribution < -0.4 is 15.4 Å². The zero-order valence-corrected chi connectivity index (χ0v) is 14.8. The van der Waals surface area contributed by atoms with Crippen LogP contribution in [0, 0.1) is 0 Å². The highest BCUT2D eigenvalue weighted by Gasteiger charge is 2.31. The van der Waals surface area contributed by atoms with E-state index >= 15 is 0 Å². The Morgan fingerprint density at radius 3 is 2.71 bits per heavy atom. The number of hydrogen-bond acceptors (Lipinski definition) is 6. The summed E-state index contributed by atoms with van der Waals surface area (Å²) in [7, 11) is 0. The van der Waals surface area contributed by atoms with Gasteiger partial charge in [0.15, 0.2) is 10.9 Å². The SMILES string of the molecule is O=C(Cc1csc(NC(=O)c2ccco2)n1)Nc1cccc(OC(F)(F)F)c1. The molecule has 2 aromatic heterocycles. The van der Waals surface area contributed by atoms with E-state index in [-0.39, 0.29) is 23.0 Å². The van der Waals surface area contributed by atoms with Gasteiger partial charge in [-0.15, -0.1) is 24.5 Å². The Morgan fingerprint density at radius 2 is 2.00 bits per heavy atom. The molecule has 11 heteroatoms. The molecule has 0 aliphatic heterocycles. The Labute approximate surface area is 160 Å². The number of alkyl halides is 3. The number of rotatable bonds is 6. The normalized spacial score (nSPS) is 11.1. The molecule has 2 amide bonds. The molecule has 0 bridgehead atoms. The molecule has 2 N–H and O–H groups in total. The lowest BCUT2D eigenvalue weighted by molar-refractivity contribution is -0.274. The zero-order chi connectivity index (χ0) is 20.1. The molecule has 0 unspecified atom stereocenters. The summed E-state index contributed by atoms with van der Waals surface area (Å²) in [6.45, 7) is 0. The third-order valence-corrected chi connectivity index (χ3v) is 4.02. The fourth-order valence-corrected chi connectivity index (χ4v) is 2.86. The van der Waals surface area contributed by atoms with Gasteiger partial charge in [-0.2, -0.15) is 0 Å². The Bertz CT molecular complexity index is 970. The molecule has 0 aliphatic rings. The predicted molar refractivity (Wildman–Crippen MR) is 94.2 cm³/mol. The average Bonchev–Trinajstić information content (AvgIpc) is 3.25. The van der Waals surface area contributed by atoms with Gasteiger partial charge in [0.05, 0.1) is 18.4 Å². The van der Waals surface area contributed by atoms with Crippen LogP contribution in [0.5, 0.6) is 5.75 Å². The molecule has 0 fully saturated rings. The maximum absolute atomic E-state index is 12.3. The number of aromatic nitrogens is 1. The molecule has 3 rings (SSSR count). The highest BCUT2D eigenvalue weighted by Crippen LogP contribution is 2.25. The molecule has 2 heterocycles. The molecular formula is C17H12F3N3O4S. The van der Waals surface area contributed by atoms with Gasteiger partial charge in [0.25, 0.3) is 5.91 Å². The lowest BCUT2D eigenvalue weighted by Gasteiger charge is -2.10. The van der Waals surface area contributed by atoms with Gasteiger partial charge in [-0.05, 0) is 24.3 Å². The summed E-state index contributed by atoms with van der Waals surface area (Å²) in [6, 6.07) is 7.99. The Kier molecular flexibility index (Phi) is 5.64. The van der Waals surface area contributed by atoms with E-state index < -0.39 is 23.9 Å². The molecule has 0 atom stereocenters. The van der Waals surface area contributed by atoms with E-state index in [4.69, 9.17) is 4.42 Å². The largest absolute Gasteiger partial charge is 0.573 e. The van der Waals surface area contributed by atoms with Crippen LogP contribution >= 0.6 is 11.3 Å². The number of nitrogens with zero attached hydrogens (tertiary/aromatic N) is 1. The van der Waals surface area contributed by atoms with Crippen molar-refractivity contribution >= 4 is 34.0 Å². The van der Waals surface area contributed by atoms with Crippen molar-refractivity contribution in [2.75, 3.05) is 10.6 Å². The minimum Gasteiger partial charge on any atom is -0.459 e. The number of amides is 2. The number of nitrogens with one attached hydrogen (secondary N) is 2. The lowest BCUT2D eigenvalue weighted by atomic mass is 10.2. The molecule has 0 radical (unpaired) electrons. The quantitative estimate of drug-likeness (QED) is 0.638. The number of benzene rings is 1. The van der Waals surface area contributed by atoms with Gasteiger partial charge >= 0.3 is 6.36 Å². The van der Waals surface area contributed by atoms with Crippen LogP contribution in [-0.4, -0.2) is 23.2 Å². The van der Waals surface area contributed by atoms with E-state index in [0.29, 0.717) is 5.69 Å². The number of thiazole rings is 1. The van der Waals surface area contributed by atoms with Gasteiger partial charge < -0.3 is 14.5 Å². The molecule has 0 saturated carbocycles. The summed E-state index contributed by atoms with van der Waals surface area (Å²) in [5, 5.41) is 6.87. The summed E-state index contributed by atoms with van der Waals surface area (Å²) >= 11 is 1.12. The summed E-state index contributed by atoms with van der Waals surface area (Å²) < 4.78 is 45.5. The zero-order valence-electron chi connectivity index (χ0n) is 13.9. The minimum absolute atomic E-state index is 0.121. The van der Waals surface area contributed by atoms with Crippen molar-refractivity contribution in [2.24, 2.45) is 0 Å². The molecule has 0 saturated heterocycles. The summed E-state index contributed by atoms with van der Waals surface area (Å²) in [5.74, 6) is -1.28. The number of furan rings is 1. The fourth-order valence-electron chi connectivity index (χ4n) is 2.15. The van der Waals surface area contributed by atoms with Gasteiger partial charge in [0.2, 0.25) is 5.91 Å². The van der Waals surface area contributed by atoms with Crippen LogP contribution in [0.3, 0.4) is 0 Å². The van der Waals surface area contributed by atoms with E-state index in [1.807, 2.05) is 0 Å². The molecule has 7 nitrogen and oxygen atoms in total. The molecule has 0 spiro atoms. The molecule has 28 heavy (non-hydrogen) atoms. The smallest absolute Gasteiger partial charge is 0.459 e. The van der Waals surface area contributed by atoms with Crippen LogP contribution in [0.15, 0.2) is 52.5 Å². The van der Waals surface area contributed by atoms with Crippen LogP contribution in [0.4, 0.5) is 24.0 Å². The first-order valence-electron chi connectivity index (χ1n) is 7.73. The summed E-state index contributed by atoms with van der Waals surface area (Å²) in [4.78, 5) is 28.1. The standard InChI is InChI=1S/C17H12F3N3O4S/c18-17(19,20)27-12-4-1-3-10(7-12)21-14(24)8-11-9-28-16(22-11)23-15(25)13-5-2-6-26-13/h1-7,9H,8H2,(H,21,24)(H,22,23,25). The first-order valence-corrected chi connectivity index (χ1v) is 8.61. The van der Waals surface area contributed by atoms with Crippen molar-refractivity contribution in [1.29, 1.82) is 0 Å². The van der Waals surface area contributed by atoms with Gasteiger partial charge in [0, 0.05) is 17.1 Å². The Hall–Kier alpha value is -3.34. The summed E-state index contributed by atoms with van der Waals surface area (Å²) in [6.07, 6.45) is -3.58. The van der Waals surface area contributed by atoms with Gasteiger partial charge in [-0.1, -0.05) is 6.07 Å². The second kappa shape index (κ2) is 8.13. The third-order valence-electron chi connectivity index (χ3n) is 3.21. The molecule has 3 aromatic rings. The monoisotopic (exact) mass is 411 g/mol. The van der Waals surface area contributed by atoms with Gasteiger partial charge in [-0.3, -0.25) is 14.9 Å². The van der Waals surface area contributed by atoms with Crippen molar-refractivity contribution in [3.05, 3.63) is 59.5 Å². The van der Waals surface area contributed by atoms with Crippen molar-refractivity contribution < 1.29 is 31.9 Å². The van der Waals surface area contributed by atoms with Crippen molar-refractivity contribution in [3.8, 4) is 5.75 Å². The summed E-state index contributed by atoms with van der Waals surface area (Å²) in [5.41, 5.74) is 0.535.